The summed E-state index contributed by atoms with van der Waals surface area (Å²) in [5.74, 6) is 0.253. The van der Waals surface area contributed by atoms with E-state index < -0.39 is 16.1 Å². The van der Waals surface area contributed by atoms with Crippen molar-refractivity contribution in [3.63, 3.8) is 0 Å². The highest BCUT2D eigenvalue weighted by Gasteiger charge is 2.31. The van der Waals surface area contributed by atoms with E-state index in [4.69, 9.17) is 4.74 Å². The molecule has 1 atom stereocenters. The van der Waals surface area contributed by atoms with Gasteiger partial charge in [-0.1, -0.05) is 91.0 Å². The minimum absolute atomic E-state index is 0.0265. The van der Waals surface area contributed by atoms with Crippen LogP contribution in [0.4, 0.5) is 0 Å². The lowest BCUT2D eigenvalue weighted by Crippen LogP contribution is -2.50. The van der Waals surface area contributed by atoms with Gasteiger partial charge in [-0.15, -0.1) is 0 Å². The highest BCUT2D eigenvalue weighted by atomic mass is 32.2. The molecule has 2 amide bonds. The second kappa shape index (κ2) is 15.0. The van der Waals surface area contributed by atoms with E-state index in [-0.39, 0.29) is 42.3 Å². The molecule has 2 N–H and O–H groups in total. The lowest BCUT2D eigenvalue weighted by molar-refractivity contribution is -0.141. The fourth-order valence-electron chi connectivity index (χ4n) is 5.20. The Morgan fingerprint density at radius 3 is 2.09 bits per heavy atom. The predicted octanol–water partition coefficient (Wildman–Crippen LogP) is 5.03. The number of nitrogens with one attached hydrogen (secondary N) is 2. The molecule has 0 aromatic heterocycles. The van der Waals surface area contributed by atoms with E-state index in [1.807, 2.05) is 84.9 Å². The standard InChI is InChI=1S/C36H39N3O5S/c1-44-34-15-9-8-14-30(34)25-37-36(41)33(24-28-10-4-2-5-11-28)39(26-29-12-6-3-7-13-29)35(40)23-18-27-16-21-32(22-17-27)45(42,43)38-31-19-20-31/h2-17,21-22,31,33,38H,18-20,23-26H2,1H3,(H,37,41). The average molecular weight is 626 g/mol. The second-order valence-corrected chi connectivity index (χ2v) is 13.0. The molecule has 1 fully saturated rings. The molecule has 234 valence electrons. The number of hydrogen-bond acceptors (Lipinski definition) is 5. The van der Waals surface area contributed by atoms with Gasteiger partial charge in [-0.2, -0.15) is 0 Å². The maximum Gasteiger partial charge on any atom is 0.243 e. The number of amides is 2. The van der Waals surface area contributed by atoms with Crippen molar-refractivity contribution in [2.45, 2.75) is 62.2 Å². The van der Waals surface area contributed by atoms with Crippen molar-refractivity contribution < 1.29 is 22.7 Å². The van der Waals surface area contributed by atoms with Crippen molar-refractivity contribution in [2.75, 3.05) is 7.11 Å². The number of methoxy groups -OCH3 is 1. The molecule has 45 heavy (non-hydrogen) atoms. The molecule has 0 bridgehead atoms. The fourth-order valence-corrected chi connectivity index (χ4v) is 6.51. The molecule has 1 aliphatic rings. The molecule has 0 heterocycles. The number of sulfonamides is 1. The Balaban J connectivity index is 1.36. The van der Waals surface area contributed by atoms with Crippen molar-refractivity contribution in [1.82, 2.24) is 14.9 Å². The summed E-state index contributed by atoms with van der Waals surface area (Å²) in [4.78, 5) is 29.8. The number of carbonyl (C=O) groups is 2. The Labute approximate surface area is 265 Å². The molecule has 0 aliphatic heterocycles. The Hall–Kier alpha value is -4.47. The first kappa shape index (κ1) is 31.9. The third-order valence-electron chi connectivity index (χ3n) is 7.87. The van der Waals surface area contributed by atoms with Crippen LogP contribution >= 0.6 is 0 Å². The highest BCUT2D eigenvalue weighted by Crippen LogP contribution is 2.23. The molecule has 0 radical (unpaired) electrons. The van der Waals surface area contributed by atoms with Crippen LogP contribution in [-0.4, -0.2) is 44.3 Å². The van der Waals surface area contributed by atoms with Gasteiger partial charge in [0, 0.05) is 37.5 Å². The molecule has 1 unspecified atom stereocenters. The van der Waals surface area contributed by atoms with Gasteiger partial charge in [-0.3, -0.25) is 9.59 Å². The van der Waals surface area contributed by atoms with Gasteiger partial charge >= 0.3 is 0 Å². The SMILES string of the molecule is COc1ccccc1CNC(=O)C(Cc1ccccc1)N(Cc1ccccc1)C(=O)CCc1ccc(S(=O)(=O)NC2CC2)cc1. The number of hydrogen-bond donors (Lipinski definition) is 2. The van der Waals surface area contributed by atoms with Gasteiger partial charge in [0.25, 0.3) is 0 Å². The molecule has 8 nitrogen and oxygen atoms in total. The molecule has 0 spiro atoms. The van der Waals surface area contributed by atoms with Gasteiger partial charge in [0.2, 0.25) is 21.8 Å². The van der Waals surface area contributed by atoms with E-state index in [9.17, 15) is 18.0 Å². The summed E-state index contributed by atoms with van der Waals surface area (Å²) in [7, 11) is -1.96. The van der Waals surface area contributed by atoms with E-state index >= 15 is 0 Å². The fraction of sp³-hybridized carbons (Fsp3) is 0.278. The van der Waals surface area contributed by atoms with Crippen LogP contribution in [0.25, 0.3) is 0 Å². The van der Waals surface area contributed by atoms with Gasteiger partial charge in [0.05, 0.1) is 12.0 Å². The number of ether oxygens (including phenoxy) is 1. The zero-order chi connectivity index (χ0) is 31.6. The average Bonchev–Trinajstić information content (AvgIpc) is 3.88. The van der Waals surface area contributed by atoms with Crippen LogP contribution in [0.5, 0.6) is 5.75 Å². The van der Waals surface area contributed by atoms with Gasteiger partial charge in [-0.05, 0) is 54.2 Å². The van der Waals surface area contributed by atoms with E-state index in [2.05, 4.69) is 10.0 Å². The summed E-state index contributed by atoms with van der Waals surface area (Å²) >= 11 is 0. The molecule has 0 saturated heterocycles. The van der Waals surface area contributed by atoms with Crippen LogP contribution in [0.2, 0.25) is 0 Å². The summed E-state index contributed by atoms with van der Waals surface area (Å²) in [6.07, 6.45) is 2.63. The summed E-state index contributed by atoms with van der Waals surface area (Å²) in [6.45, 7) is 0.523. The number of carbonyl (C=O) groups excluding carboxylic acids is 2. The maximum atomic E-state index is 14.0. The van der Waals surface area contributed by atoms with E-state index in [0.717, 1.165) is 35.1 Å². The molecule has 4 aromatic rings. The topological polar surface area (TPSA) is 105 Å². The van der Waals surface area contributed by atoms with Crippen LogP contribution < -0.4 is 14.8 Å². The first-order valence-corrected chi connectivity index (χ1v) is 16.7. The van der Waals surface area contributed by atoms with Gasteiger partial charge < -0.3 is 15.0 Å². The number of para-hydroxylation sites is 1. The Morgan fingerprint density at radius 2 is 1.44 bits per heavy atom. The van der Waals surface area contributed by atoms with Gasteiger partial charge in [0.15, 0.2) is 0 Å². The van der Waals surface area contributed by atoms with Crippen LogP contribution in [0, 0.1) is 0 Å². The van der Waals surface area contributed by atoms with E-state index in [0.29, 0.717) is 18.6 Å². The summed E-state index contributed by atoms with van der Waals surface area (Å²) in [5, 5.41) is 3.05. The van der Waals surface area contributed by atoms with Crippen LogP contribution in [0.15, 0.2) is 114 Å². The zero-order valence-corrected chi connectivity index (χ0v) is 26.2. The summed E-state index contributed by atoms with van der Waals surface area (Å²) in [6, 6.07) is 32.8. The third kappa shape index (κ3) is 9.03. The van der Waals surface area contributed by atoms with Crippen molar-refractivity contribution in [3.05, 3.63) is 131 Å². The first-order chi connectivity index (χ1) is 21.8. The zero-order valence-electron chi connectivity index (χ0n) is 25.4. The normalized spacial score (nSPS) is 13.5. The molecule has 4 aromatic carbocycles. The number of aryl methyl sites for hydroxylation is 1. The number of benzene rings is 4. The summed E-state index contributed by atoms with van der Waals surface area (Å²) < 4.78 is 33.3. The molecule has 5 rings (SSSR count). The molecule has 9 heteroatoms. The van der Waals surface area contributed by atoms with Crippen molar-refractivity contribution in [3.8, 4) is 5.75 Å². The molecule has 1 aliphatic carbocycles. The summed E-state index contributed by atoms with van der Waals surface area (Å²) in [5.41, 5.74) is 3.54. The van der Waals surface area contributed by atoms with Gasteiger partial charge in [0.1, 0.15) is 11.8 Å². The van der Waals surface area contributed by atoms with E-state index in [1.165, 1.54) is 0 Å². The van der Waals surface area contributed by atoms with E-state index in [1.54, 1.807) is 36.3 Å². The van der Waals surface area contributed by atoms with Crippen molar-refractivity contribution in [2.24, 2.45) is 0 Å². The molecule has 1 saturated carbocycles. The minimum Gasteiger partial charge on any atom is -0.496 e. The van der Waals surface area contributed by atoms with Gasteiger partial charge in [-0.25, -0.2) is 13.1 Å². The third-order valence-corrected chi connectivity index (χ3v) is 9.41. The monoisotopic (exact) mass is 625 g/mol. The number of rotatable bonds is 15. The Morgan fingerprint density at radius 1 is 0.822 bits per heavy atom. The van der Waals surface area contributed by atoms with Crippen molar-refractivity contribution >= 4 is 21.8 Å². The lowest BCUT2D eigenvalue weighted by atomic mass is 10.0. The smallest absolute Gasteiger partial charge is 0.243 e. The second-order valence-electron chi connectivity index (χ2n) is 11.3. The predicted molar refractivity (Wildman–Crippen MR) is 174 cm³/mol. The minimum atomic E-state index is -3.55. The van der Waals surface area contributed by atoms with Crippen LogP contribution in [0.1, 0.15) is 41.5 Å². The molecular weight excluding hydrogens is 586 g/mol. The quantitative estimate of drug-likeness (QED) is 0.193. The lowest BCUT2D eigenvalue weighted by Gasteiger charge is -2.32. The highest BCUT2D eigenvalue weighted by molar-refractivity contribution is 7.89. The largest absolute Gasteiger partial charge is 0.496 e. The Bertz CT molecular complexity index is 1680. The Kier molecular flexibility index (Phi) is 10.7. The van der Waals surface area contributed by atoms with Crippen LogP contribution in [-0.2, 0) is 45.5 Å². The maximum absolute atomic E-state index is 14.0. The molecular formula is C36H39N3O5S. The first-order valence-electron chi connectivity index (χ1n) is 15.2. The number of nitrogens with zero attached hydrogens (tertiary/aromatic N) is 1. The van der Waals surface area contributed by atoms with Crippen molar-refractivity contribution in [1.29, 1.82) is 0 Å². The van der Waals surface area contributed by atoms with Crippen LogP contribution in [0.3, 0.4) is 0 Å².